The van der Waals surface area contributed by atoms with Crippen LogP contribution in [0.5, 0.6) is 0 Å². The number of hydrogen-bond donors (Lipinski definition) is 1. The Morgan fingerprint density at radius 2 is 2.37 bits per heavy atom. The lowest BCUT2D eigenvalue weighted by Gasteiger charge is -1.99. The van der Waals surface area contributed by atoms with Gasteiger partial charge in [-0.3, -0.25) is 4.79 Å². The molecule has 0 bridgehead atoms. The summed E-state index contributed by atoms with van der Waals surface area (Å²) in [5.41, 5.74) is 0.840. The van der Waals surface area contributed by atoms with Gasteiger partial charge in [0.15, 0.2) is 0 Å². The molecule has 19 heavy (non-hydrogen) atoms. The fraction of sp³-hybridized carbons (Fsp3) is 0.250. The van der Waals surface area contributed by atoms with Crippen LogP contribution < -0.4 is 5.32 Å². The SMILES string of the molecule is COCC(=O)NCc1nc(-c2cccc(Br)c2)no1. The molecule has 0 atom stereocenters. The van der Waals surface area contributed by atoms with Gasteiger partial charge in [0, 0.05) is 17.1 Å². The summed E-state index contributed by atoms with van der Waals surface area (Å²) in [6.45, 7) is 0.190. The Kier molecular flexibility index (Phi) is 4.64. The van der Waals surface area contributed by atoms with E-state index >= 15 is 0 Å². The number of halogens is 1. The van der Waals surface area contributed by atoms with E-state index in [2.05, 4.69) is 31.4 Å². The fourth-order valence-electron chi connectivity index (χ4n) is 1.43. The lowest BCUT2D eigenvalue weighted by atomic mass is 10.2. The van der Waals surface area contributed by atoms with Gasteiger partial charge in [0.1, 0.15) is 6.61 Å². The monoisotopic (exact) mass is 325 g/mol. The van der Waals surface area contributed by atoms with Gasteiger partial charge < -0.3 is 14.6 Å². The van der Waals surface area contributed by atoms with E-state index in [1.165, 1.54) is 7.11 Å². The molecule has 0 fully saturated rings. The van der Waals surface area contributed by atoms with Crippen molar-refractivity contribution in [1.82, 2.24) is 15.5 Å². The normalized spacial score (nSPS) is 10.4. The molecule has 1 aromatic carbocycles. The molecule has 1 heterocycles. The first kappa shape index (κ1) is 13.7. The summed E-state index contributed by atoms with van der Waals surface area (Å²) < 4.78 is 10.7. The number of ether oxygens (including phenoxy) is 1. The van der Waals surface area contributed by atoms with Crippen LogP contribution in [0.4, 0.5) is 0 Å². The van der Waals surface area contributed by atoms with Gasteiger partial charge in [-0.1, -0.05) is 33.2 Å². The molecule has 1 N–H and O–H groups in total. The van der Waals surface area contributed by atoms with Crippen molar-refractivity contribution >= 4 is 21.8 Å². The predicted octanol–water partition coefficient (Wildman–Crippen LogP) is 1.76. The minimum Gasteiger partial charge on any atom is -0.375 e. The van der Waals surface area contributed by atoms with Gasteiger partial charge in [-0.15, -0.1) is 0 Å². The zero-order chi connectivity index (χ0) is 13.7. The smallest absolute Gasteiger partial charge is 0.246 e. The lowest BCUT2D eigenvalue weighted by molar-refractivity contribution is -0.125. The van der Waals surface area contributed by atoms with Gasteiger partial charge in [0.05, 0.1) is 6.54 Å². The average molecular weight is 326 g/mol. The van der Waals surface area contributed by atoms with Crippen molar-refractivity contribution in [1.29, 1.82) is 0 Å². The second kappa shape index (κ2) is 6.44. The number of hydrogen-bond acceptors (Lipinski definition) is 5. The van der Waals surface area contributed by atoms with E-state index in [9.17, 15) is 4.79 Å². The van der Waals surface area contributed by atoms with Gasteiger partial charge in [-0.25, -0.2) is 0 Å². The van der Waals surface area contributed by atoms with E-state index in [0.29, 0.717) is 11.7 Å². The second-order valence-electron chi connectivity index (χ2n) is 3.73. The van der Waals surface area contributed by atoms with E-state index < -0.39 is 0 Å². The third-order valence-corrected chi connectivity index (χ3v) is 2.76. The van der Waals surface area contributed by atoms with Crippen LogP contribution in [-0.2, 0) is 16.1 Å². The zero-order valence-corrected chi connectivity index (χ0v) is 11.8. The van der Waals surface area contributed by atoms with Crippen molar-refractivity contribution in [2.24, 2.45) is 0 Å². The van der Waals surface area contributed by atoms with E-state index in [1.807, 2.05) is 24.3 Å². The quantitative estimate of drug-likeness (QED) is 0.906. The summed E-state index contributed by atoms with van der Waals surface area (Å²) in [6.07, 6.45) is 0. The Labute approximate surface area is 118 Å². The first-order chi connectivity index (χ1) is 9.19. The van der Waals surface area contributed by atoms with Gasteiger partial charge in [-0.2, -0.15) is 4.98 Å². The topological polar surface area (TPSA) is 77.2 Å². The third-order valence-electron chi connectivity index (χ3n) is 2.26. The van der Waals surface area contributed by atoms with Gasteiger partial charge in [-0.05, 0) is 12.1 Å². The molecule has 0 aliphatic rings. The number of benzene rings is 1. The Balaban J connectivity index is 2.01. The Morgan fingerprint density at radius 1 is 1.53 bits per heavy atom. The summed E-state index contributed by atoms with van der Waals surface area (Å²) in [6, 6.07) is 7.56. The molecule has 0 spiro atoms. The Morgan fingerprint density at radius 3 is 3.11 bits per heavy atom. The fourth-order valence-corrected chi connectivity index (χ4v) is 1.83. The van der Waals surface area contributed by atoms with Crippen LogP contribution in [0.2, 0.25) is 0 Å². The van der Waals surface area contributed by atoms with Crippen LogP contribution in [0, 0.1) is 0 Å². The first-order valence-electron chi connectivity index (χ1n) is 5.53. The molecular weight excluding hydrogens is 314 g/mol. The third kappa shape index (κ3) is 3.87. The van der Waals surface area contributed by atoms with Crippen molar-refractivity contribution < 1.29 is 14.1 Å². The lowest BCUT2D eigenvalue weighted by Crippen LogP contribution is -2.26. The maximum Gasteiger partial charge on any atom is 0.246 e. The average Bonchev–Trinajstić information content (AvgIpc) is 2.85. The molecular formula is C12H12BrN3O3. The number of nitrogens with one attached hydrogen (secondary N) is 1. The minimum absolute atomic E-state index is 0.00657. The van der Waals surface area contributed by atoms with E-state index in [4.69, 9.17) is 9.26 Å². The first-order valence-corrected chi connectivity index (χ1v) is 6.32. The Hall–Kier alpha value is -1.73. The molecule has 0 saturated heterocycles. The summed E-state index contributed by atoms with van der Waals surface area (Å²) in [7, 11) is 1.46. The van der Waals surface area contributed by atoms with Crippen LogP contribution in [0.15, 0.2) is 33.3 Å². The number of rotatable bonds is 5. The second-order valence-corrected chi connectivity index (χ2v) is 4.65. The van der Waals surface area contributed by atoms with Crippen molar-refractivity contribution in [3.05, 3.63) is 34.6 Å². The summed E-state index contributed by atoms with van der Waals surface area (Å²) in [5, 5.41) is 6.47. The maximum absolute atomic E-state index is 11.2. The molecule has 1 amide bonds. The van der Waals surface area contributed by atoms with Crippen molar-refractivity contribution in [2.45, 2.75) is 6.54 Å². The molecule has 7 heteroatoms. The number of carbonyl (C=O) groups excluding carboxylic acids is 1. The van der Waals surface area contributed by atoms with Gasteiger partial charge >= 0.3 is 0 Å². The molecule has 0 radical (unpaired) electrons. The molecule has 2 aromatic rings. The highest BCUT2D eigenvalue weighted by molar-refractivity contribution is 9.10. The molecule has 6 nitrogen and oxygen atoms in total. The number of nitrogens with zero attached hydrogens (tertiary/aromatic N) is 2. The van der Waals surface area contributed by atoms with E-state index in [0.717, 1.165) is 10.0 Å². The van der Waals surface area contributed by atoms with Crippen LogP contribution in [0.3, 0.4) is 0 Å². The number of carbonyl (C=O) groups is 1. The van der Waals surface area contributed by atoms with Crippen LogP contribution in [0.25, 0.3) is 11.4 Å². The predicted molar refractivity (Wildman–Crippen MR) is 71.2 cm³/mol. The summed E-state index contributed by atoms with van der Waals surface area (Å²) in [5.74, 6) is 0.599. The van der Waals surface area contributed by atoms with Crippen LogP contribution >= 0.6 is 15.9 Å². The standard InChI is InChI=1S/C12H12BrN3O3/c1-18-7-10(17)14-6-11-15-12(16-19-11)8-3-2-4-9(13)5-8/h2-5H,6-7H2,1H3,(H,14,17). The molecule has 0 saturated carbocycles. The summed E-state index contributed by atoms with van der Waals surface area (Å²) in [4.78, 5) is 15.4. The number of aromatic nitrogens is 2. The number of amides is 1. The molecule has 0 aliphatic heterocycles. The molecule has 1 aromatic heterocycles. The Bertz CT molecular complexity index is 571. The van der Waals surface area contributed by atoms with Crippen molar-refractivity contribution in [2.75, 3.05) is 13.7 Å². The van der Waals surface area contributed by atoms with Gasteiger partial charge in [0.25, 0.3) is 0 Å². The van der Waals surface area contributed by atoms with Crippen molar-refractivity contribution in [3.63, 3.8) is 0 Å². The maximum atomic E-state index is 11.2. The number of methoxy groups -OCH3 is 1. The zero-order valence-electron chi connectivity index (χ0n) is 10.2. The molecule has 0 unspecified atom stereocenters. The highest BCUT2D eigenvalue weighted by atomic mass is 79.9. The highest BCUT2D eigenvalue weighted by Gasteiger charge is 2.09. The highest BCUT2D eigenvalue weighted by Crippen LogP contribution is 2.20. The molecule has 100 valence electrons. The molecule has 0 aliphatic carbocycles. The minimum atomic E-state index is -0.232. The largest absolute Gasteiger partial charge is 0.375 e. The molecule has 2 rings (SSSR count). The van der Waals surface area contributed by atoms with Crippen LogP contribution in [0.1, 0.15) is 5.89 Å². The van der Waals surface area contributed by atoms with Gasteiger partial charge in [0.2, 0.25) is 17.6 Å². The summed E-state index contributed by atoms with van der Waals surface area (Å²) >= 11 is 3.38. The van der Waals surface area contributed by atoms with E-state index in [1.54, 1.807) is 0 Å². The van der Waals surface area contributed by atoms with Crippen LogP contribution in [-0.4, -0.2) is 29.8 Å². The van der Waals surface area contributed by atoms with E-state index in [-0.39, 0.29) is 19.1 Å². The van der Waals surface area contributed by atoms with Crippen molar-refractivity contribution in [3.8, 4) is 11.4 Å².